The minimum Gasteiger partial charge on any atom is -0.278 e. The summed E-state index contributed by atoms with van der Waals surface area (Å²) in [6.07, 6.45) is 1.63. The summed E-state index contributed by atoms with van der Waals surface area (Å²) in [5.74, 6) is 0. The van der Waals surface area contributed by atoms with Gasteiger partial charge in [0.1, 0.15) is 5.71 Å². The van der Waals surface area contributed by atoms with E-state index in [2.05, 4.69) is 27.6 Å². The second-order valence-electron chi connectivity index (χ2n) is 3.32. The molecule has 1 aliphatic heterocycles. The van der Waals surface area contributed by atoms with E-state index >= 15 is 0 Å². The average Bonchev–Trinajstić information content (AvgIpc) is 2.63. The number of hydrazone groups is 2. The summed E-state index contributed by atoms with van der Waals surface area (Å²) in [7, 11) is 0. The Hall–Kier alpha value is -2.10. The summed E-state index contributed by atoms with van der Waals surface area (Å²) >= 11 is 0. The summed E-state index contributed by atoms with van der Waals surface area (Å²) < 4.78 is 0. The fraction of sp³-hybridized carbons (Fsp3) is 0.0909. The van der Waals surface area contributed by atoms with Gasteiger partial charge in [0.25, 0.3) is 0 Å². The van der Waals surface area contributed by atoms with Crippen molar-refractivity contribution in [2.45, 2.75) is 6.92 Å². The minimum atomic E-state index is 0.703. The maximum absolute atomic E-state index is 4.16. The van der Waals surface area contributed by atoms with Crippen LogP contribution in [0.4, 0.5) is 5.69 Å². The smallest absolute Gasteiger partial charge is 0.128 e. The Kier molecular flexibility index (Phi) is 2.49. The molecule has 1 aromatic rings. The molecule has 4 nitrogen and oxygen atoms in total. The first-order valence-electron chi connectivity index (χ1n) is 4.64. The van der Waals surface area contributed by atoms with Gasteiger partial charge in [-0.05, 0) is 19.1 Å². The summed E-state index contributed by atoms with van der Waals surface area (Å²) in [5, 5.41) is 7.99. The molecule has 0 fully saturated rings. The lowest BCUT2D eigenvalue weighted by Gasteiger charge is -2.01. The van der Waals surface area contributed by atoms with Gasteiger partial charge in [-0.2, -0.15) is 10.2 Å². The van der Waals surface area contributed by atoms with Gasteiger partial charge in [-0.3, -0.25) is 10.9 Å². The number of hydrogen-bond donors (Lipinski definition) is 2. The van der Waals surface area contributed by atoms with E-state index in [1.54, 1.807) is 6.21 Å². The highest BCUT2D eigenvalue weighted by Crippen LogP contribution is 2.08. The predicted molar refractivity (Wildman–Crippen MR) is 63.0 cm³/mol. The van der Waals surface area contributed by atoms with E-state index in [4.69, 9.17) is 0 Å². The third-order valence-electron chi connectivity index (χ3n) is 2.05. The highest BCUT2D eigenvalue weighted by molar-refractivity contribution is 6.39. The van der Waals surface area contributed by atoms with Gasteiger partial charge in [-0.15, -0.1) is 0 Å². The fourth-order valence-corrected chi connectivity index (χ4v) is 1.16. The molecule has 0 aromatic heterocycles. The number of anilines is 1. The zero-order valence-corrected chi connectivity index (χ0v) is 8.49. The Bertz CT molecular complexity index is 428. The van der Waals surface area contributed by atoms with E-state index in [0.717, 1.165) is 11.4 Å². The van der Waals surface area contributed by atoms with Gasteiger partial charge in [-0.25, -0.2) is 0 Å². The Labute approximate surface area is 88.4 Å². The van der Waals surface area contributed by atoms with Crippen LogP contribution in [0, 0.1) is 6.92 Å². The number of allylic oxidation sites excluding steroid dienone is 1. The molecule has 0 saturated carbocycles. The highest BCUT2D eigenvalue weighted by atomic mass is 15.4. The van der Waals surface area contributed by atoms with Crippen molar-refractivity contribution in [1.29, 1.82) is 0 Å². The van der Waals surface area contributed by atoms with Crippen molar-refractivity contribution in [3.8, 4) is 0 Å². The Morgan fingerprint density at radius 3 is 2.67 bits per heavy atom. The summed E-state index contributed by atoms with van der Waals surface area (Å²) in [6, 6.07) is 8.00. The molecule has 15 heavy (non-hydrogen) atoms. The Morgan fingerprint density at radius 1 is 1.33 bits per heavy atom. The molecule has 4 heteroatoms. The van der Waals surface area contributed by atoms with E-state index in [1.807, 2.05) is 31.2 Å². The molecule has 0 radical (unpaired) electrons. The van der Waals surface area contributed by atoms with Crippen LogP contribution < -0.4 is 10.9 Å². The molecule has 0 saturated heterocycles. The van der Waals surface area contributed by atoms with Crippen molar-refractivity contribution in [3.63, 3.8) is 0 Å². The molecule has 1 heterocycles. The maximum atomic E-state index is 4.16. The zero-order chi connectivity index (χ0) is 10.7. The van der Waals surface area contributed by atoms with E-state index in [9.17, 15) is 0 Å². The van der Waals surface area contributed by atoms with Crippen LogP contribution in [0.3, 0.4) is 0 Å². The quantitative estimate of drug-likeness (QED) is 0.716. The summed E-state index contributed by atoms with van der Waals surface area (Å²) in [6.45, 7) is 5.80. The molecule has 2 rings (SSSR count). The third-order valence-corrected chi connectivity index (χ3v) is 2.05. The molecule has 1 aromatic carbocycles. The first-order chi connectivity index (χ1) is 7.25. The molecule has 1 aliphatic rings. The number of nitrogens with zero attached hydrogens (tertiary/aromatic N) is 2. The molecule has 0 amide bonds. The Morgan fingerprint density at radius 2 is 2.07 bits per heavy atom. The second kappa shape index (κ2) is 3.96. The first kappa shape index (κ1) is 9.45. The number of benzene rings is 1. The van der Waals surface area contributed by atoms with Gasteiger partial charge in [0.15, 0.2) is 0 Å². The normalized spacial score (nSPS) is 16.9. The molecular formula is C11H12N4. The van der Waals surface area contributed by atoms with Gasteiger partial charge < -0.3 is 0 Å². The van der Waals surface area contributed by atoms with Crippen LogP contribution in [0.25, 0.3) is 0 Å². The van der Waals surface area contributed by atoms with Crippen molar-refractivity contribution in [3.05, 3.63) is 42.1 Å². The van der Waals surface area contributed by atoms with Crippen LogP contribution >= 0.6 is 0 Å². The van der Waals surface area contributed by atoms with E-state index in [-0.39, 0.29) is 0 Å². The molecule has 0 bridgehead atoms. The van der Waals surface area contributed by atoms with Gasteiger partial charge in [0, 0.05) is 0 Å². The highest BCUT2D eigenvalue weighted by Gasteiger charge is 2.06. The second-order valence-corrected chi connectivity index (χ2v) is 3.32. The van der Waals surface area contributed by atoms with Crippen LogP contribution in [0.2, 0.25) is 0 Å². The first-order valence-corrected chi connectivity index (χ1v) is 4.64. The van der Waals surface area contributed by atoms with Gasteiger partial charge in [0.05, 0.1) is 17.6 Å². The number of aryl methyl sites for hydroxylation is 1. The van der Waals surface area contributed by atoms with Gasteiger partial charge >= 0.3 is 0 Å². The van der Waals surface area contributed by atoms with Crippen LogP contribution in [-0.2, 0) is 0 Å². The molecule has 0 atom stereocenters. The lowest BCUT2D eigenvalue weighted by Crippen LogP contribution is -2.07. The van der Waals surface area contributed by atoms with Crippen molar-refractivity contribution in [1.82, 2.24) is 5.43 Å². The monoisotopic (exact) mass is 200 g/mol. The van der Waals surface area contributed by atoms with Crippen molar-refractivity contribution >= 4 is 17.6 Å². The minimum absolute atomic E-state index is 0.703. The standard InChI is InChI=1S/C11H12N4/c1-8-3-5-10(6-4-8)14-15-11-7-12-13-9(11)2/h3-7,13-14H,2H2,1H3/b15-11+. The van der Waals surface area contributed by atoms with Crippen LogP contribution in [-0.4, -0.2) is 11.9 Å². The van der Waals surface area contributed by atoms with Gasteiger partial charge in [-0.1, -0.05) is 24.3 Å². The molecule has 0 spiro atoms. The summed E-state index contributed by atoms with van der Waals surface area (Å²) in [4.78, 5) is 0. The van der Waals surface area contributed by atoms with Crippen LogP contribution in [0.15, 0.2) is 46.7 Å². The number of nitrogens with one attached hydrogen (secondary N) is 2. The van der Waals surface area contributed by atoms with Crippen molar-refractivity contribution in [2.75, 3.05) is 5.43 Å². The zero-order valence-electron chi connectivity index (χ0n) is 8.49. The predicted octanol–water partition coefficient (Wildman–Crippen LogP) is 1.87. The largest absolute Gasteiger partial charge is 0.278 e. The van der Waals surface area contributed by atoms with Gasteiger partial charge in [0.2, 0.25) is 0 Å². The van der Waals surface area contributed by atoms with Crippen LogP contribution in [0.5, 0.6) is 0 Å². The molecule has 2 N–H and O–H groups in total. The van der Waals surface area contributed by atoms with E-state index in [1.165, 1.54) is 5.56 Å². The SMILES string of the molecule is C=C1NN=C/C1=N\Nc1ccc(C)cc1. The lowest BCUT2D eigenvalue weighted by atomic mass is 10.2. The number of rotatable bonds is 2. The molecule has 0 unspecified atom stereocenters. The molecular weight excluding hydrogens is 188 g/mol. The third kappa shape index (κ3) is 2.22. The van der Waals surface area contributed by atoms with E-state index in [0.29, 0.717) is 5.70 Å². The topological polar surface area (TPSA) is 48.8 Å². The van der Waals surface area contributed by atoms with Crippen molar-refractivity contribution in [2.24, 2.45) is 10.2 Å². The lowest BCUT2D eigenvalue weighted by molar-refractivity contribution is 0.968. The van der Waals surface area contributed by atoms with Crippen LogP contribution in [0.1, 0.15) is 5.56 Å². The fourth-order valence-electron chi connectivity index (χ4n) is 1.16. The van der Waals surface area contributed by atoms with E-state index < -0.39 is 0 Å². The summed E-state index contributed by atoms with van der Waals surface area (Å²) in [5.41, 5.74) is 9.25. The molecule has 76 valence electrons. The number of hydrogen-bond acceptors (Lipinski definition) is 4. The average molecular weight is 200 g/mol. The van der Waals surface area contributed by atoms with Crippen molar-refractivity contribution < 1.29 is 0 Å². The Balaban J connectivity index is 2.07. The molecule has 0 aliphatic carbocycles. The maximum Gasteiger partial charge on any atom is 0.128 e.